The highest BCUT2D eigenvalue weighted by Gasteiger charge is 2.27. The highest BCUT2D eigenvalue weighted by molar-refractivity contribution is 4.86. The minimum absolute atomic E-state index is 0.0121. The summed E-state index contributed by atoms with van der Waals surface area (Å²) in [6, 6.07) is 0.460. The molecular formula is C9H16N4O. The molecule has 0 saturated carbocycles. The minimum atomic E-state index is 0.0121. The summed E-state index contributed by atoms with van der Waals surface area (Å²) in [6.45, 7) is 5.82. The number of rotatable bonds is 2. The van der Waals surface area contributed by atoms with Crippen LogP contribution in [0.15, 0.2) is 11.1 Å². The van der Waals surface area contributed by atoms with Gasteiger partial charge in [-0.1, -0.05) is 0 Å². The molecule has 0 unspecified atom stereocenters. The van der Waals surface area contributed by atoms with E-state index >= 15 is 0 Å². The van der Waals surface area contributed by atoms with Crippen LogP contribution in [0.1, 0.15) is 25.9 Å². The summed E-state index contributed by atoms with van der Waals surface area (Å²) in [5.41, 5.74) is 0.0121. The maximum Gasteiger partial charge on any atom is 0.346 e. The molecule has 1 aliphatic rings. The lowest BCUT2D eigenvalue weighted by atomic mass is 10.1. The summed E-state index contributed by atoms with van der Waals surface area (Å²) in [4.78, 5) is 14.0. The van der Waals surface area contributed by atoms with Gasteiger partial charge in [0.1, 0.15) is 6.33 Å². The van der Waals surface area contributed by atoms with Gasteiger partial charge in [-0.25, -0.2) is 9.48 Å². The third kappa shape index (κ3) is 1.37. The Labute approximate surface area is 82.9 Å². The van der Waals surface area contributed by atoms with Crippen molar-refractivity contribution in [1.82, 2.24) is 19.2 Å². The first-order chi connectivity index (χ1) is 6.59. The van der Waals surface area contributed by atoms with Gasteiger partial charge in [-0.15, -0.1) is 0 Å². The largest absolute Gasteiger partial charge is 0.346 e. The van der Waals surface area contributed by atoms with Gasteiger partial charge < -0.3 is 4.90 Å². The number of likely N-dealkylation sites (N-methyl/N-ethyl adjacent to an activating group) is 1. The zero-order valence-electron chi connectivity index (χ0n) is 8.84. The first-order valence-corrected chi connectivity index (χ1v) is 4.93. The molecule has 1 saturated heterocycles. The Balaban J connectivity index is 2.24. The summed E-state index contributed by atoms with van der Waals surface area (Å²) in [5.74, 6) is 0. The van der Waals surface area contributed by atoms with E-state index in [1.165, 1.54) is 4.68 Å². The summed E-state index contributed by atoms with van der Waals surface area (Å²) in [6.07, 6.45) is 1.65. The lowest BCUT2D eigenvalue weighted by molar-refractivity contribution is 0.137. The Morgan fingerprint density at radius 1 is 1.50 bits per heavy atom. The van der Waals surface area contributed by atoms with Gasteiger partial charge >= 0.3 is 5.69 Å². The number of hydrogen-bond acceptors (Lipinski definition) is 3. The van der Waals surface area contributed by atoms with Crippen LogP contribution in [0, 0.1) is 0 Å². The maximum atomic E-state index is 11.8. The molecule has 1 aromatic heterocycles. The van der Waals surface area contributed by atoms with Crippen molar-refractivity contribution in [2.75, 3.05) is 20.1 Å². The van der Waals surface area contributed by atoms with Gasteiger partial charge in [0.25, 0.3) is 0 Å². The van der Waals surface area contributed by atoms with E-state index in [1.54, 1.807) is 10.9 Å². The van der Waals surface area contributed by atoms with E-state index < -0.39 is 0 Å². The van der Waals surface area contributed by atoms with Gasteiger partial charge in [0.05, 0.1) is 12.1 Å². The molecule has 2 heterocycles. The first kappa shape index (κ1) is 9.45. The normalized spacial score (nSPS) is 18.9. The zero-order chi connectivity index (χ0) is 10.3. The van der Waals surface area contributed by atoms with Crippen molar-refractivity contribution in [3.8, 4) is 0 Å². The van der Waals surface area contributed by atoms with E-state index in [1.807, 2.05) is 13.8 Å². The fraction of sp³-hybridized carbons (Fsp3) is 0.778. The Bertz CT molecular complexity index is 372. The minimum Gasteiger partial charge on any atom is -0.302 e. The predicted octanol–water partition coefficient (Wildman–Crippen LogP) is 0.112. The molecule has 0 N–H and O–H groups in total. The van der Waals surface area contributed by atoms with E-state index in [2.05, 4.69) is 17.0 Å². The van der Waals surface area contributed by atoms with Crippen LogP contribution in [0.2, 0.25) is 0 Å². The van der Waals surface area contributed by atoms with Crippen molar-refractivity contribution in [3.05, 3.63) is 16.8 Å². The molecular weight excluding hydrogens is 180 g/mol. The Hall–Kier alpha value is -1.10. The summed E-state index contributed by atoms with van der Waals surface area (Å²) >= 11 is 0. The predicted molar refractivity (Wildman–Crippen MR) is 53.4 cm³/mol. The third-order valence-corrected chi connectivity index (χ3v) is 2.64. The molecule has 5 nitrogen and oxygen atoms in total. The number of likely N-dealkylation sites (tertiary alicyclic amines) is 1. The molecule has 78 valence electrons. The third-order valence-electron chi connectivity index (χ3n) is 2.64. The number of nitrogens with zero attached hydrogens (tertiary/aromatic N) is 4. The zero-order valence-corrected chi connectivity index (χ0v) is 8.84. The van der Waals surface area contributed by atoms with Crippen molar-refractivity contribution in [2.24, 2.45) is 0 Å². The highest BCUT2D eigenvalue weighted by atomic mass is 16.2. The maximum absolute atomic E-state index is 11.8. The van der Waals surface area contributed by atoms with Crippen LogP contribution in [0.25, 0.3) is 0 Å². The van der Waals surface area contributed by atoms with E-state index in [0.29, 0.717) is 6.04 Å². The topological polar surface area (TPSA) is 43.1 Å². The van der Waals surface area contributed by atoms with E-state index in [-0.39, 0.29) is 11.7 Å². The van der Waals surface area contributed by atoms with E-state index in [4.69, 9.17) is 0 Å². The molecule has 14 heavy (non-hydrogen) atoms. The highest BCUT2D eigenvalue weighted by Crippen LogP contribution is 2.16. The quantitative estimate of drug-likeness (QED) is 0.674. The summed E-state index contributed by atoms with van der Waals surface area (Å²) in [7, 11) is 2.05. The van der Waals surface area contributed by atoms with Crippen molar-refractivity contribution < 1.29 is 0 Å². The van der Waals surface area contributed by atoms with Crippen molar-refractivity contribution in [3.63, 3.8) is 0 Å². The molecule has 0 radical (unpaired) electrons. The molecule has 0 atom stereocenters. The molecule has 5 heteroatoms. The average Bonchev–Trinajstić information content (AvgIpc) is 2.41. The Kier molecular flexibility index (Phi) is 2.19. The van der Waals surface area contributed by atoms with Crippen molar-refractivity contribution in [1.29, 1.82) is 0 Å². The second kappa shape index (κ2) is 3.24. The summed E-state index contributed by atoms with van der Waals surface area (Å²) in [5, 5.41) is 4.09. The second-order valence-electron chi connectivity index (χ2n) is 4.23. The van der Waals surface area contributed by atoms with Gasteiger partial charge in [0, 0.05) is 13.1 Å². The molecule has 1 aliphatic heterocycles. The fourth-order valence-corrected chi connectivity index (χ4v) is 1.78. The van der Waals surface area contributed by atoms with Gasteiger partial charge in [0.15, 0.2) is 0 Å². The molecule has 0 aromatic carbocycles. The Morgan fingerprint density at radius 2 is 2.14 bits per heavy atom. The van der Waals surface area contributed by atoms with Crippen molar-refractivity contribution in [2.45, 2.75) is 25.9 Å². The van der Waals surface area contributed by atoms with Gasteiger partial charge in [-0.3, -0.25) is 4.57 Å². The second-order valence-corrected chi connectivity index (χ2v) is 4.23. The van der Waals surface area contributed by atoms with Crippen LogP contribution in [-0.4, -0.2) is 39.4 Å². The molecule has 0 spiro atoms. The lowest BCUT2D eigenvalue weighted by Gasteiger charge is -2.35. The monoisotopic (exact) mass is 196 g/mol. The molecule has 0 amide bonds. The van der Waals surface area contributed by atoms with E-state index in [0.717, 1.165) is 13.1 Å². The first-order valence-electron chi connectivity index (χ1n) is 4.93. The van der Waals surface area contributed by atoms with Crippen molar-refractivity contribution >= 4 is 0 Å². The van der Waals surface area contributed by atoms with Gasteiger partial charge in [-0.05, 0) is 20.9 Å². The number of aromatic nitrogens is 3. The van der Waals surface area contributed by atoms with E-state index in [9.17, 15) is 4.79 Å². The molecule has 1 aromatic rings. The fourth-order valence-electron chi connectivity index (χ4n) is 1.78. The average molecular weight is 196 g/mol. The number of hydrogen-bond donors (Lipinski definition) is 0. The van der Waals surface area contributed by atoms with Gasteiger partial charge in [0.2, 0.25) is 0 Å². The standard InChI is InChI=1S/C9H16N4O/c1-7(2)13-9(14)12(6-10-13)8-4-11(3)5-8/h6-8H,4-5H2,1-3H3. The van der Waals surface area contributed by atoms with Crippen LogP contribution in [-0.2, 0) is 0 Å². The SMILES string of the molecule is CC(C)n1ncn(C2CN(C)C2)c1=O. The molecule has 1 fully saturated rings. The molecule has 0 aliphatic carbocycles. The van der Waals surface area contributed by atoms with Crippen LogP contribution >= 0.6 is 0 Å². The van der Waals surface area contributed by atoms with Gasteiger partial charge in [-0.2, -0.15) is 5.10 Å². The summed E-state index contributed by atoms with van der Waals surface area (Å²) < 4.78 is 3.26. The molecule has 2 rings (SSSR count). The molecule has 0 bridgehead atoms. The van der Waals surface area contributed by atoms with Crippen LogP contribution in [0.4, 0.5) is 0 Å². The lowest BCUT2D eigenvalue weighted by Crippen LogP contribution is -2.47. The Morgan fingerprint density at radius 3 is 2.57 bits per heavy atom. The van der Waals surface area contributed by atoms with Crippen LogP contribution in [0.5, 0.6) is 0 Å². The van der Waals surface area contributed by atoms with Crippen LogP contribution in [0.3, 0.4) is 0 Å². The van der Waals surface area contributed by atoms with Crippen LogP contribution < -0.4 is 5.69 Å². The smallest absolute Gasteiger partial charge is 0.302 e.